The van der Waals surface area contributed by atoms with E-state index in [1.54, 1.807) is 12.1 Å². The number of nitrogens with one attached hydrogen (secondary N) is 1. The van der Waals surface area contributed by atoms with E-state index < -0.39 is 4.92 Å². The normalized spacial score (nSPS) is 15.2. The molecule has 1 aromatic carbocycles. The zero-order chi connectivity index (χ0) is 11.5. The number of carbonyl (C=O) groups excluding carboxylic acids is 1. The predicted octanol–water partition coefficient (Wildman–Crippen LogP) is 1.54. The molecular formula is C10H11N3O3. The highest BCUT2D eigenvalue weighted by Crippen LogP contribution is 2.18. The molecule has 1 fully saturated rings. The highest BCUT2D eigenvalue weighted by atomic mass is 16.6. The van der Waals surface area contributed by atoms with Crippen molar-refractivity contribution in [2.75, 3.05) is 12.0 Å². The molecule has 0 aromatic heterocycles. The first-order chi connectivity index (χ1) is 7.66. The highest BCUT2D eigenvalue weighted by molar-refractivity contribution is 5.79. The number of nitro benzene ring substituents is 1. The minimum absolute atomic E-state index is 0.0401. The quantitative estimate of drug-likeness (QED) is 0.620. The molecule has 0 aliphatic carbocycles. The second-order valence-electron chi connectivity index (χ2n) is 3.56. The fourth-order valence-electron chi connectivity index (χ4n) is 1.58. The summed E-state index contributed by atoms with van der Waals surface area (Å²) in [5.74, 6) is 0.0540. The molecular weight excluding hydrogens is 210 g/mol. The number of anilines is 1. The van der Waals surface area contributed by atoms with Gasteiger partial charge in [0.15, 0.2) is 0 Å². The number of nitro groups is 1. The SMILES string of the molecule is O=C1CCCN1Nc1ccc([N+](=O)[O-])cc1. The summed E-state index contributed by atoms with van der Waals surface area (Å²) in [5, 5.41) is 12.0. The standard InChI is InChI=1S/C10H11N3O3/c14-10-2-1-7-12(10)11-8-3-5-9(6-4-8)13(15)16/h3-6,11H,1-2,7H2. The van der Waals surface area contributed by atoms with Gasteiger partial charge in [-0.2, -0.15) is 0 Å². The van der Waals surface area contributed by atoms with Crippen molar-refractivity contribution in [3.8, 4) is 0 Å². The van der Waals surface area contributed by atoms with Crippen LogP contribution in [0.5, 0.6) is 0 Å². The van der Waals surface area contributed by atoms with Gasteiger partial charge in [-0.3, -0.25) is 25.3 Å². The van der Waals surface area contributed by atoms with Crippen LogP contribution in [0.3, 0.4) is 0 Å². The maximum atomic E-state index is 11.3. The lowest BCUT2D eigenvalue weighted by Gasteiger charge is -2.17. The monoisotopic (exact) mass is 221 g/mol. The van der Waals surface area contributed by atoms with Crippen LogP contribution in [0.1, 0.15) is 12.8 Å². The Bertz CT molecular complexity index is 416. The molecule has 2 rings (SSSR count). The van der Waals surface area contributed by atoms with Gasteiger partial charge in [-0.15, -0.1) is 0 Å². The van der Waals surface area contributed by atoms with E-state index in [1.807, 2.05) is 0 Å². The number of hydrazine groups is 1. The van der Waals surface area contributed by atoms with Gasteiger partial charge in [-0.1, -0.05) is 0 Å². The van der Waals surface area contributed by atoms with Crippen LogP contribution >= 0.6 is 0 Å². The van der Waals surface area contributed by atoms with Crippen molar-refractivity contribution in [3.05, 3.63) is 34.4 Å². The number of non-ortho nitro benzene ring substituents is 1. The maximum absolute atomic E-state index is 11.3. The molecule has 1 aromatic rings. The van der Waals surface area contributed by atoms with Gasteiger partial charge in [0, 0.05) is 25.1 Å². The van der Waals surface area contributed by atoms with E-state index in [4.69, 9.17) is 0 Å². The summed E-state index contributed by atoms with van der Waals surface area (Å²) < 4.78 is 0. The van der Waals surface area contributed by atoms with E-state index >= 15 is 0 Å². The van der Waals surface area contributed by atoms with Crippen molar-refractivity contribution >= 4 is 17.3 Å². The Balaban J connectivity index is 2.05. The third kappa shape index (κ3) is 2.10. The van der Waals surface area contributed by atoms with E-state index in [9.17, 15) is 14.9 Å². The Morgan fingerprint density at radius 3 is 2.50 bits per heavy atom. The Morgan fingerprint density at radius 1 is 1.31 bits per heavy atom. The van der Waals surface area contributed by atoms with Crippen LogP contribution < -0.4 is 5.43 Å². The van der Waals surface area contributed by atoms with Crippen LogP contribution in [0.25, 0.3) is 0 Å². The van der Waals surface area contributed by atoms with E-state index in [0.29, 0.717) is 18.7 Å². The first-order valence-corrected chi connectivity index (χ1v) is 4.98. The molecule has 0 spiro atoms. The number of hydrogen-bond donors (Lipinski definition) is 1. The number of benzene rings is 1. The van der Waals surface area contributed by atoms with E-state index in [2.05, 4.69) is 5.43 Å². The lowest BCUT2D eigenvalue weighted by Crippen LogP contribution is -2.30. The Morgan fingerprint density at radius 2 is 2.00 bits per heavy atom. The molecule has 6 nitrogen and oxygen atoms in total. The summed E-state index contributed by atoms with van der Waals surface area (Å²) in [4.78, 5) is 21.3. The van der Waals surface area contributed by atoms with Gasteiger partial charge in [0.2, 0.25) is 5.91 Å². The molecule has 6 heteroatoms. The van der Waals surface area contributed by atoms with Gasteiger partial charge in [0.05, 0.1) is 10.6 Å². The van der Waals surface area contributed by atoms with Crippen molar-refractivity contribution in [1.82, 2.24) is 5.01 Å². The number of amides is 1. The van der Waals surface area contributed by atoms with Crippen molar-refractivity contribution in [2.45, 2.75) is 12.8 Å². The largest absolute Gasteiger partial charge is 0.296 e. The molecule has 0 bridgehead atoms. The number of nitrogens with zero attached hydrogens (tertiary/aromatic N) is 2. The fourth-order valence-corrected chi connectivity index (χ4v) is 1.58. The number of hydrogen-bond acceptors (Lipinski definition) is 4. The van der Waals surface area contributed by atoms with Crippen LogP contribution in [-0.4, -0.2) is 22.4 Å². The lowest BCUT2D eigenvalue weighted by atomic mass is 10.3. The molecule has 0 atom stereocenters. The summed E-state index contributed by atoms with van der Waals surface area (Å²) in [6, 6.07) is 5.99. The molecule has 1 heterocycles. The minimum Gasteiger partial charge on any atom is -0.296 e. The molecule has 0 saturated carbocycles. The van der Waals surface area contributed by atoms with E-state index in [-0.39, 0.29) is 11.6 Å². The topological polar surface area (TPSA) is 75.5 Å². The first-order valence-electron chi connectivity index (χ1n) is 4.98. The smallest absolute Gasteiger partial charge is 0.269 e. The van der Waals surface area contributed by atoms with Crippen LogP contribution in [0.2, 0.25) is 0 Å². The van der Waals surface area contributed by atoms with Crippen LogP contribution in [-0.2, 0) is 4.79 Å². The Kier molecular flexibility index (Phi) is 2.72. The molecule has 1 aliphatic heterocycles. The molecule has 1 aliphatic rings. The summed E-state index contributed by atoms with van der Waals surface area (Å²) in [5.41, 5.74) is 3.64. The minimum atomic E-state index is -0.454. The van der Waals surface area contributed by atoms with E-state index in [1.165, 1.54) is 17.1 Å². The van der Waals surface area contributed by atoms with Crippen molar-refractivity contribution in [2.24, 2.45) is 0 Å². The molecule has 84 valence electrons. The van der Waals surface area contributed by atoms with Gasteiger partial charge >= 0.3 is 0 Å². The second-order valence-corrected chi connectivity index (χ2v) is 3.56. The number of carbonyl (C=O) groups is 1. The average molecular weight is 221 g/mol. The average Bonchev–Trinajstić information content (AvgIpc) is 2.65. The fraction of sp³-hybridized carbons (Fsp3) is 0.300. The highest BCUT2D eigenvalue weighted by Gasteiger charge is 2.19. The van der Waals surface area contributed by atoms with Gasteiger partial charge in [-0.25, -0.2) is 0 Å². The third-order valence-corrected chi connectivity index (χ3v) is 2.42. The zero-order valence-electron chi connectivity index (χ0n) is 8.55. The third-order valence-electron chi connectivity index (χ3n) is 2.42. The Labute approximate surface area is 92.0 Å². The van der Waals surface area contributed by atoms with Gasteiger partial charge < -0.3 is 0 Å². The first kappa shape index (κ1) is 10.4. The van der Waals surface area contributed by atoms with E-state index in [0.717, 1.165) is 6.42 Å². The van der Waals surface area contributed by atoms with Crippen molar-refractivity contribution < 1.29 is 9.72 Å². The summed E-state index contributed by atoms with van der Waals surface area (Å²) in [6.45, 7) is 0.676. The lowest BCUT2D eigenvalue weighted by molar-refractivity contribution is -0.384. The predicted molar refractivity (Wildman–Crippen MR) is 57.7 cm³/mol. The van der Waals surface area contributed by atoms with Crippen molar-refractivity contribution in [1.29, 1.82) is 0 Å². The van der Waals surface area contributed by atoms with Gasteiger partial charge in [-0.05, 0) is 18.6 Å². The molecule has 16 heavy (non-hydrogen) atoms. The van der Waals surface area contributed by atoms with Crippen LogP contribution in [0, 0.1) is 10.1 Å². The number of rotatable bonds is 3. The zero-order valence-corrected chi connectivity index (χ0v) is 8.55. The molecule has 1 N–H and O–H groups in total. The summed E-state index contributed by atoms with van der Waals surface area (Å²) in [7, 11) is 0. The Hall–Kier alpha value is -2.11. The molecule has 1 saturated heterocycles. The molecule has 0 unspecified atom stereocenters. The van der Waals surface area contributed by atoms with Crippen LogP contribution in [0.4, 0.5) is 11.4 Å². The van der Waals surface area contributed by atoms with Crippen molar-refractivity contribution in [3.63, 3.8) is 0 Å². The van der Waals surface area contributed by atoms with Gasteiger partial charge in [0.1, 0.15) is 0 Å². The second kappa shape index (κ2) is 4.18. The maximum Gasteiger partial charge on any atom is 0.269 e. The summed E-state index contributed by atoms with van der Waals surface area (Å²) >= 11 is 0. The van der Waals surface area contributed by atoms with Gasteiger partial charge in [0.25, 0.3) is 5.69 Å². The molecule has 0 radical (unpaired) electrons. The van der Waals surface area contributed by atoms with Crippen LogP contribution in [0.15, 0.2) is 24.3 Å². The summed E-state index contributed by atoms with van der Waals surface area (Å²) in [6.07, 6.45) is 1.40. The molecule has 1 amide bonds.